The minimum atomic E-state index is -0.527. The second-order valence-corrected chi connectivity index (χ2v) is 9.42. The second-order valence-electron chi connectivity index (χ2n) is 9.42. The average molecular weight is 304 g/mol. The Morgan fingerprint density at radius 1 is 0.864 bits per heavy atom. The molecule has 1 N–H and O–H groups in total. The number of aliphatic carboxylic acids is 1. The van der Waals surface area contributed by atoms with Crippen molar-refractivity contribution in [2.24, 2.45) is 40.4 Å². The van der Waals surface area contributed by atoms with Crippen LogP contribution < -0.4 is 0 Å². The summed E-state index contributed by atoms with van der Waals surface area (Å²) in [6.45, 7) is 4.91. The van der Waals surface area contributed by atoms with Gasteiger partial charge in [0.1, 0.15) is 0 Å². The SMILES string of the molecule is C[C@]12CCCC[C@@H]1CC[C@@H]1[C@@H]2CC[C@]2(C)[C@H](C(=O)O)CC[C@@H]12. The number of carboxylic acid groups (broad SMARTS) is 1. The minimum Gasteiger partial charge on any atom is -0.481 e. The Morgan fingerprint density at radius 3 is 2.41 bits per heavy atom. The van der Waals surface area contributed by atoms with E-state index in [0.29, 0.717) is 11.3 Å². The summed E-state index contributed by atoms with van der Waals surface area (Å²) in [7, 11) is 0. The number of hydrogen-bond donors (Lipinski definition) is 1. The highest BCUT2D eigenvalue weighted by atomic mass is 16.4. The monoisotopic (exact) mass is 304 g/mol. The van der Waals surface area contributed by atoms with Crippen LogP contribution >= 0.6 is 0 Å². The first-order chi connectivity index (χ1) is 10.5. The lowest BCUT2D eigenvalue weighted by atomic mass is 9.45. The van der Waals surface area contributed by atoms with Gasteiger partial charge in [0.05, 0.1) is 5.92 Å². The maximum absolute atomic E-state index is 11.7. The van der Waals surface area contributed by atoms with Crippen LogP contribution in [0.15, 0.2) is 0 Å². The summed E-state index contributed by atoms with van der Waals surface area (Å²) in [5.41, 5.74) is 0.661. The third-order valence-electron chi connectivity index (χ3n) is 8.88. The van der Waals surface area contributed by atoms with Gasteiger partial charge in [0.15, 0.2) is 0 Å². The highest BCUT2D eigenvalue weighted by molar-refractivity contribution is 5.71. The van der Waals surface area contributed by atoms with Gasteiger partial charge < -0.3 is 5.11 Å². The molecule has 2 heteroatoms. The largest absolute Gasteiger partial charge is 0.481 e. The predicted molar refractivity (Wildman–Crippen MR) is 87.5 cm³/mol. The van der Waals surface area contributed by atoms with E-state index in [1.165, 1.54) is 51.4 Å². The van der Waals surface area contributed by atoms with Crippen LogP contribution in [0.3, 0.4) is 0 Å². The standard InChI is InChI=1S/C20H32O2/c1-19-11-4-3-5-13(19)6-7-14-15-8-9-17(18(21)22)20(15,2)12-10-16(14)19/h13-17H,3-12H2,1-2H3,(H,21,22)/t13-,14+,15+,16+,17+,19+,20+/m1/s1. The van der Waals surface area contributed by atoms with E-state index in [4.69, 9.17) is 0 Å². The fourth-order valence-corrected chi connectivity index (χ4v) is 7.70. The molecule has 4 rings (SSSR count). The first-order valence-electron chi connectivity index (χ1n) is 9.69. The molecular formula is C20H32O2. The predicted octanol–water partition coefficient (Wildman–Crippen LogP) is 5.12. The molecule has 4 aliphatic rings. The topological polar surface area (TPSA) is 37.3 Å². The fraction of sp³-hybridized carbons (Fsp3) is 0.950. The van der Waals surface area contributed by atoms with Gasteiger partial charge in [-0.1, -0.05) is 26.7 Å². The van der Waals surface area contributed by atoms with Crippen LogP contribution in [0.4, 0.5) is 0 Å². The van der Waals surface area contributed by atoms with Crippen molar-refractivity contribution in [2.75, 3.05) is 0 Å². The lowest BCUT2D eigenvalue weighted by molar-refractivity contribution is -0.152. The van der Waals surface area contributed by atoms with Crippen molar-refractivity contribution in [1.29, 1.82) is 0 Å². The molecule has 0 bridgehead atoms. The molecular weight excluding hydrogens is 272 g/mol. The van der Waals surface area contributed by atoms with Crippen molar-refractivity contribution in [3.8, 4) is 0 Å². The number of fused-ring (bicyclic) bond motifs is 5. The molecule has 22 heavy (non-hydrogen) atoms. The highest BCUT2D eigenvalue weighted by Gasteiger charge is 2.60. The quantitative estimate of drug-likeness (QED) is 0.730. The van der Waals surface area contributed by atoms with Gasteiger partial charge in [-0.3, -0.25) is 4.79 Å². The number of carbonyl (C=O) groups is 1. The molecule has 0 aromatic rings. The van der Waals surface area contributed by atoms with E-state index in [2.05, 4.69) is 13.8 Å². The molecule has 0 saturated heterocycles. The van der Waals surface area contributed by atoms with Gasteiger partial charge in [0, 0.05) is 0 Å². The summed E-state index contributed by atoms with van der Waals surface area (Å²) in [5.74, 6) is 2.76. The third-order valence-corrected chi connectivity index (χ3v) is 8.88. The Hall–Kier alpha value is -0.530. The third kappa shape index (κ3) is 1.88. The molecule has 2 nitrogen and oxygen atoms in total. The normalized spacial score (nSPS) is 54.2. The van der Waals surface area contributed by atoms with Crippen LogP contribution in [0.1, 0.15) is 78.1 Å². The second kappa shape index (κ2) is 4.98. The smallest absolute Gasteiger partial charge is 0.307 e. The lowest BCUT2D eigenvalue weighted by Gasteiger charge is -2.60. The summed E-state index contributed by atoms with van der Waals surface area (Å²) in [6, 6.07) is 0. The van der Waals surface area contributed by atoms with Gasteiger partial charge in [-0.25, -0.2) is 0 Å². The van der Waals surface area contributed by atoms with Gasteiger partial charge in [-0.05, 0) is 85.9 Å². The summed E-state index contributed by atoms with van der Waals surface area (Å²) >= 11 is 0. The summed E-state index contributed by atoms with van der Waals surface area (Å²) in [5, 5.41) is 9.65. The van der Waals surface area contributed by atoms with Crippen molar-refractivity contribution >= 4 is 5.97 Å². The summed E-state index contributed by atoms with van der Waals surface area (Å²) in [6.07, 6.45) is 13.1. The van der Waals surface area contributed by atoms with E-state index in [1.807, 2.05) is 0 Å². The van der Waals surface area contributed by atoms with Crippen LogP contribution in [0.2, 0.25) is 0 Å². The van der Waals surface area contributed by atoms with Crippen LogP contribution in [0.25, 0.3) is 0 Å². The van der Waals surface area contributed by atoms with Gasteiger partial charge in [-0.2, -0.15) is 0 Å². The molecule has 0 spiro atoms. The van der Waals surface area contributed by atoms with Crippen molar-refractivity contribution in [3.63, 3.8) is 0 Å². The highest BCUT2D eigenvalue weighted by Crippen LogP contribution is 2.67. The van der Waals surface area contributed by atoms with Crippen molar-refractivity contribution < 1.29 is 9.90 Å². The lowest BCUT2D eigenvalue weighted by Crippen LogP contribution is -2.53. The maximum Gasteiger partial charge on any atom is 0.307 e. The average Bonchev–Trinajstić information content (AvgIpc) is 2.84. The zero-order valence-electron chi connectivity index (χ0n) is 14.3. The number of hydrogen-bond acceptors (Lipinski definition) is 1. The zero-order valence-corrected chi connectivity index (χ0v) is 14.3. The molecule has 0 aromatic heterocycles. The molecule has 124 valence electrons. The van der Waals surface area contributed by atoms with Gasteiger partial charge >= 0.3 is 5.97 Å². The minimum absolute atomic E-state index is 0.0738. The Balaban J connectivity index is 1.63. The van der Waals surface area contributed by atoms with E-state index in [9.17, 15) is 9.90 Å². The molecule has 0 aromatic carbocycles. The summed E-state index contributed by atoms with van der Waals surface area (Å²) < 4.78 is 0. The Morgan fingerprint density at radius 2 is 1.64 bits per heavy atom. The van der Waals surface area contributed by atoms with E-state index in [0.717, 1.165) is 30.6 Å². The molecule has 0 heterocycles. The van der Waals surface area contributed by atoms with Crippen LogP contribution in [0.5, 0.6) is 0 Å². The molecule has 0 radical (unpaired) electrons. The van der Waals surface area contributed by atoms with Crippen molar-refractivity contribution in [2.45, 2.75) is 78.1 Å². The van der Waals surface area contributed by atoms with Crippen LogP contribution in [-0.4, -0.2) is 11.1 Å². The van der Waals surface area contributed by atoms with E-state index >= 15 is 0 Å². The molecule has 4 fully saturated rings. The molecule has 7 atom stereocenters. The molecule has 4 saturated carbocycles. The van der Waals surface area contributed by atoms with Crippen molar-refractivity contribution in [1.82, 2.24) is 0 Å². The van der Waals surface area contributed by atoms with Gasteiger partial charge in [0.2, 0.25) is 0 Å². The Labute approximate surface area is 135 Å². The van der Waals surface area contributed by atoms with E-state index in [-0.39, 0.29) is 11.3 Å². The van der Waals surface area contributed by atoms with Crippen LogP contribution in [-0.2, 0) is 4.79 Å². The Kier molecular flexibility index (Phi) is 3.40. The molecule has 0 unspecified atom stereocenters. The maximum atomic E-state index is 11.7. The fourth-order valence-electron chi connectivity index (χ4n) is 7.70. The van der Waals surface area contributed by atoms with E-state index in [1.54, 1.807) is 0 Å². The first-order valence-corrected chi connectivity index (χ1v) is 9.69. The van der Waals surface area contributed by atoms with Gasteiger partial charge in [0.25, 0.3) is 0 Å². The Bertz CT molecular complexity index is 472. The molecule has 0 aliphatic heterocycles. The molecule has 0 amide bonds. The van der Waals surface area contributed by atoms with Crippen LogP contribution in [0, 0.1) is 40.4 Å². The molecule has 4 aliphatic carbocycles. The van der Waals surface area contributed by atoms with E-state index < -0.39 is 5.97 Å². The number of rotatable bonds is 1. The van der Waals surface area contributed by atoms with Gasteiger partial charge in [-0.15, -0.1) is 0 Å². The summed E-state index contributed by atoms with van der Waals surface area (Å²) in [4.78, 5) is 11.7. The number of carboxylic acids is 1. The van der Waals surface area contributed by atoms with Crippen molar-refractivity contribution in [3.05, 3.63) is 0 Å². The zero-order chi connectivity index (χ0) is 15.5. The first kappa shape index (κ1) is 15.0.